The Morgan fingerprint density at radius 2 is 1.91 bits per heavy atom. The summed E-state index contributed by atoms with van der Waals surface area (Å²) in [6.07, 6.45) is 0. The van der Waals surface area contributed by atoms with Crippen LogP contribution >= 0.6 is 22.9 Å². The van der Waals surface area contributed by atoms with E-state index in [-0.39, 0.29) is 18.4 Å². The van der Waals surface area contributed by atoms with Gasteiger partial charge in [-0.2, -0.15) is 0 Å². The van der Waals surface area contributed by atoms with E-state index < -0.39 is 5.41 Å². The van der Waals surface area contributed by atoms with Crippen LogP contribution in [-0.4, -0.2) is 28.6 Å². The molecule has 0 saturated carbocycles. The summed E-state index contributed by atoms with van der Waals surface area (Å²) < 4.78 is 0. The van der Waals surface area contributed by atoms with Gasteiger partial charge in [0.2, 0.25) is 16.9 Å². The molecule has 0 aliphatic rings. The summed E-state index contributed by atoms with van der Waals surface area (Å²) in [5.41, 5.74) is 0.216. The Morgan fingerprint density at radius 1 is 1.22 bits per heavy atom. The number of amides is 2. The van der Waals surface area contributed by atoms with Crippen LogP contribution in [0.2, 0.25) is 5.02 Å². The van der Waals surface area contributed by atoms with Crippen molar-refractivity contribution in [3.63, 3.8) is 0 Å². The highest BCUT2D eigenvalue weighted by Gasteiger charge is 2.21. The van der Waals surface area contributed by atoms with Crippen molar-refractivity contribution in [2.45, 2.75) is 20.8 Å². The van der Waals surface area contributed by atoms with Gasteiger partial charge in [-0.15, -0.1) is 10.2 Å². The first-order valence-electron chi connectivity index (χ1n) is 6.94. The lowest BCUT2D eigenvalue weighted by Gasteiger charge is -2.16. The Hall–Kier alpha value is -1.99. The lowest BCUT2D eigenvalue weighted by Crippen LogP contribution is -2.39. The SMILES string of the molecule is CC(C)(C)C(=O)NCC(=O)Nc1nnc(-c2ccccc2Cl)s1. The minimum atomic E-state index is -0.541. The number of aromatic nitrogens is 2. The number of nitrogens with one attached hydrogen (secondary N) is 2. The van der Waals surface area contributed by atoms with Crippen molar-refractivity contribution in [1.29, 1.82) is 0 Å². The largest absolute Gasteiger partial charge is 0.347 e. The van der Waals surface area contributed by atoms with Gasteiger partial charge in [-0.05, 0) is 6.07 Å². The summed E-state index contributed by atoms with van der Waals surface area (Å²) in [4.78, 5) is 23.6. The topological polar surface area (TPSA) is 84.0 Å². The van der Waals surface area contributed by atoms with Crippen molar-refractivity contribution in [3.8, 4) is 10.6 Å². The smallest absolute Gasteiger partial charge is 0.245 e. The Morgan fingerprint density at radius 3 is 2.57 bits per heavy atom. The van der Waals surface area contributed by atoms with Crippen LogP contribution in [0.4, 0.5) is 5.13 Å². The molecular formula is C15H17ClN4O2S. The normalized spacial score (nSPS) is 11.1. The molecule has 0 spiro atoms. The third-order valence-electron chi connectivity index (χ3n) is 2.87. The first-order valence-corrected chi connectivity index (χ1v) is 8.13. The van der Waals surface area contributed by atoms with E-state index in [1.807, 2.05) is 18.2 Å². The molecule has 122 valence electrons. The molecule has 2 amide bonds. The molecular weight excluding hydrogens is 336 g/mol. The van der Waals surface area contributed by atoms with Crippen LogP contribution in [0.15, 0.2) is 24.3 Å². The number of anilines is 1. The van der Waals surface area contributed by atoms with Gasteiger partial charge in [0, 0.05) is 11.0 Å². The molecule has 0 radical (unpaired) electrons. The van der Waals surface area contributed by atoms with Crippen molar-refractivity contribution in [2.24, 2.45) is 5.41 Å². The molecule has 2 rings (SSSR count). The quantitative estimate of drug-likeness (QED) is 0.886. The summed E-state index contributed by atoms with van der Waals surface area (Å²) in [5.74, 6) is -0.550. The van der Waals surface area contributed by atoms with Gasteiger partial charge < -0.3 is 5.32 Å². The molecule has 1 aromatic heterocycles. The van der Waals surface area contributed by atoms with Crippen LogP contribution in [0.25, 0.3) is 10.6 Å². The Kier molecular flexibility index (Phi) is 5.33. The third kappa shape index (κ3) is 4.74. The van der Waals surface area contributed by atoms with Crippen molar-refractivity contribution in [2.75, 3.05) is 11.9 Å². The maximum atomic E-state index is 11.8. The molecule has 0 aliphatic carbocycles. The average Bonchev–Trinajstić information content (AvgIpc) is 2.92. The predicted octanol–water partition coefficient (Wildman–Crippen LogP) is 2.96. The van der Waals surface area contributed by atoms with Crippen molar-refractivity contribution < 1.29 is 9.59 Å². The van der Waals surface area contributed by atoms with Gasteiger partial charge in [0.25, 0.3) is 0 Å². The number of hydrogen-bond acceptors (Lipinski definition) is 5. The van der Waals surface area contributed by atoms with Crippen molar-refractivity contribution in [3.05, 3.63) is 29.3 Å². The summed E-state index contributed by atoms with van der Waals surface area (Å²) in [7, 11) is 0. The second-order valence-electron chi connectivity index (χ2n) is 5.87. The summed E-state index contributed by atoms with van der Waals surface area (Å²) in [6.45, 7) is 5.22. The van der Waals surface area contributed by atoms with Crippen LogP contribution < -0.4 is 10.6 Å². The third-order valence-corrected chi connectivity index (χ3v) is 4.07. The Labute approximate surface area is 143 Å². The summed E-state index contributed by atoms with van der Waals surface area (Å²) in [5, 5.41) is 14.7. The van der Waals surface area contributed by atoms with E-state index in [9.17, 15) is 9.59 Å². The zero-order chi connectivity index (χ0) is 17.0. The number of benzene rings is 1. The number of carbonyl (C=O) groups excluding carboxylic acids is 2. The second kappa shape index (κ2) is 7.06. The van der Waals surface area contributed by atoms with E-state index >= 15 is 0 Å². The van der Waals surface area contributed by atoms with E-state index in [4.69, 9.17) is 11.6 Å². The fourth-order valence-corrected chi connectivity index (χ4v) is 2.69. The highest BCUT2D eigenvalue weighted by atomic mass is 35.5. The molecule has 0 aliphatic heterocycles. The molecule has 0 fully saturated rings. The Bertz CT molecular complexity index is 724. The summed E-state index contributed by atoms with van der Waals surface area (Å²) >= 11 is 7.32. The standard InChI is InChI=1S/C15H17ClN4O2S/c1-15(2,3)13(22)17-8-11(21)18-14-20-19-12(23-14)9-6-4-5-7-10(9)16/h4-7H,8H2,1-3H3,(H,17,22)(H,18,20,21). The number of carbonyl (C=O) groups is 2. The van der Waals surface area contributed by atoms with E-state index in [0.29, 0.717) is 15.2 Å². The van der Waals surface area contributed by atoms with Gasteiger partial charge in [0.1, 0.15) is 0 Å². The molecule has 2 aromatic rings. The van der Waals surface area contributed by atoms with Gasteiger partial charge in [0.15, 0.2) is 5.01 Å². The molecule has 6 nitrogen and oxygen atoms in total. The predicted molar refractivity (Wildman–Crippen MR) is 91.4 cm³/mol. The van der Waals surface area contributed by atoms with Crippen molar-refractivity contribution >= 4 is 39.9 Å². The molecule has 8 heteroatoms. The molecule has 2 N–H and O–H groups in total. The molecule has 23 heavy (non-hydrogen) atoms. The maximum Gasteiger partial charge on any atom is 0.245 e. The number of hydrogen-bond donors (Lipinski definition) is 2. The van der Waals surface area contributed by atoms with Crippen LogP contribution in [0.3, 0.4) is 0 Å². The fourth-order valence-electron chi connectivity index (χ4n) is 1.61. The number of halogens is 1. The van der Waals surface area contributed by atoms with Gasteiger partial charge >= 0.3 is 0 Å². The first-order chi connectivity index (χ1) is 10.8. The van der Waals surface area contributed by atoms with Crippen LogP contribution in [0.1, 0.15) is 20.8 Å². The zero-order valence-corrected chi connectivity index (χ0v) is 14.6. The summed E-state index contributed by atoms with van der Waals surface area (Å²) in [6, 6.07) is 7.27. The molecule has 0 unspecified atom stereocenters. The molecule has 0 atom stereocenters. The van der Waals surface area contributed by atoms with Crippen molar-refractivity contribution in [1.82, 2.24) is 15.5 Å². The minimum absolute atomic E-state index is 0.114. The number of nitrogens with zero attached hydrogens (tertiary/aromatic N) is 2. The molecule has 1 heterocycles. The van der Waals surface area contributed by atoms with E-state index in [1.165, 1.54) is 11.3 Å². The molecule has 0 saturated heterocycles. The first kappa shape index (κ1) is 17.4. The zero-order valence-electron chi connectivity index (χ0n) is 13.0. The van der Waals surface area contributed by atoms with Crippen LogP contribution in [0, 0.1) is 5.41 Å². The lowest BCUT2D eigenvalue weighted by molar-refractivity contribution is -0.130. The Balaban J connectivity index is 1.96. The van der Waals surface area contributed by atoms with Crippen LogP contribution in [0.5, 0.6) is 0 Å². The highest BCUT2D eigenvalue weighted by Crippen LogP contribution is 2.31. The molecule has 0 bridgehead atoms. The fraction of sp³-hybridized carbons (Fsp3) is 0.333. The van der Waals surface area contributed by atoms with Gasteiger partial charge in [-0.3, -0.25) is 14.9 Å². The number of rotatable bonds is 4. The van der Waals surface area contributed by atoms with Gasteiger partial charge in [-0.25, -0.2) is 0 Å². The highest BCUT2D eigenvalue weighted by molar-refractivity contribution is 7.18. The second-order valence-corrected chi connectivity index (χ2v) is 7.26. The van der Waals surface area contributed by atoms with Gasteiger partial charge in [-0.1, -0.05) is 61.9 Å². The average molecular weight is 353 g/mol. The van der Waals surface area contributed by atoms with Gasteiger partial charge in [0.05, 0.1) is 11.6 Å². The van der Waals surface area contributed by atoms with Crippen LogP contribution in [-0.2, 0) is 9.59 Å². The van der Waals surface area contributed by atoms with E-state index in [0.717, 1.165) is 5.56 Å². The van der Waals surface area contributed by atoms with E-state index in [2.05, 4.69) is 20.8 Å². The molecule has 1 aromatic carbocycles. The lowest BCUT2D eigenvalue weighted by atomic mass is 9.96. The maximum absolute atomic E-state index is 11.8. The monoisotopic (exact) mass is 352 g/mol. The van der Waals surface area contributed by atoms with E-state index in [1.54, 1.807) is 26.8 Å². The minimum Gasteiger partial charge on any atom is -0.347 e.